The summed E-state index contributed by atoms with van der Waals surface area (Å²) < 4.78 is 9.33. The average molecular weight is 279 g/mol. The zero-order valence-electron chi connectivity index (χ0n) is 11.3. The molecule has 2 aromatic heterocycles. The van der Waals surface area contributed by atoms with Crippen molar-refractivity contribution in [2.24, 2.45) is 0 Å². The molecule has 1 atom stereocenters. The highest BCUT2D eigenvalue weighted by Gasteiger charge is 2.24. The smallest absolute Gasteiger partial charge is 0.237 e. The molecule has 0 saturated carbocycles. The molecule has 7 heteroatoms. The lowest BCUT2D eigenvalue weighted by Gasteiger charge is -2.17. The molecule has 0 saturated heterocycles. The number of hydrogen-bond acceptors (Lipinski definition) is 7. The summed E-state index contributed by atoms with van der Waals surface area (Å²) in [7, 11) is 1.60. The Kier molecular flexibility index (Phi) is 4.75. The van der Waals surface area contributed by atoms with Gasteiger partial charge in [0.25, 0.3) is 0 Å². The molecule has 19 heavy (non-hydrogen) atoms. The minimum absolute atomic E-state index is 0.0800. The Bertz CT molecular complexity index is 530. The second kappa shape index (κ2) is 6.53. The Morgan fingerprint density at radius 3 is 2.79 bits per heavy atom. The number of aryl methyl sites for hydroxylation is 1. The van der Waals surface area contributed by atoms with Crippen molar-refractivity contribution in [2.75, 3.05) is 13.7 Å². The number of nitrogens with one attached hydrogen (secondary N) is 1. The summed E-state index contributed by atoms with van der Waals surface area (Å²) in [5, 5.41) is 7.56. The first-order valence-corrected chi connectivity index (χ1v) is 6.98. The fourth-order valence-electron chi connectivity index (χ4n) is 1.89. The van der Waals surface area contributed by atoms with E-state index in [1.54, 1.807) is 19.5 Å². The van der Waals surface area contributed by atoms with Crippen molar-refractivity contribution >= 4 is 11.5 Å². The molecule has 2 aromatic rings. The van der Waals surface area contributed by atoms with Gasteiger partial charge < -0.3 is 10.1 Å². The molecule has 0 aliphatic heterocycles. The molecule has 1 N–H and O–H groups in total. The Morgan fingerprint density at radius 1 is 1.32 bits per heavy atom. The van der Waals surface area contributed by atoms with Gasteiger partial charge in [0.1, 0.15) is 5.69 Å². The molecule has 0 radical (unpaired) electrons. The van der Waals surface area contributed by atoms with Gasteiger partial charge >= 0.3 is 0 Å². The van der Waals surface area contributed by atoms with Crippen LogP contribution in [0.3, 0.4) is 0 Å². The first kappa shape index (κ1) is 13.8. The Balaban J connectivity index is 2.45. The maximum atomic E-state index is 5.29. The normalized spacial score (nSPS) is 12.4. The molecule has 0 aromatic carbocycles. The van der Waals surface area contributed by atoms with Crippen molar-refractivity contribution in [3.05, 3.63) is 28.7 Å². The summed E-state index contributed by atoms with van der Waals surface area (Å²) in [5.41, 5.74) is 1.76. The number of methoxy groups -OCH3 is 1. The van der Waals surface area contributed by atoms with Gasteiger partial charge in [-0.1, -0.05) is 18.3 Å². The third-order valence-corrected chi connectivity index (χ3v) is 3.58. The lowest BCUT2D eigenvalue weighted by atomic mass is 10.1. The highest BCUT2D eigenvalue weighted by molar-refractivity contribution is 7.05. The van der Waals surface area contributed by atoms with Crippen molar-refractivity contribution in [2.45, 2.75) is 26.3 Å². The molecule has 102 valence electrons. The van der Waals surface area contributed by atoms with Crippen LogP contribution in [0.25, 0.3) is 0 Å². The van der Waals surface area contributed by atoms with Gasteiger partial charge in [0.05, 0.1) is 23.7 Å². The largest absolute Gasteiger partial charge is 0.480 e. The summed E-state index contributed by atoms with van der Waals surface area (Å²) in [6.45, 7) is 4.93. The zero-order valence-corrected chi connectivity index (χ0v) is 12.1. The molecule has 0 bridgehead atoms. The van der Waals surface area contributed by atoms with Crippen molar-refractivity contribution in [1.29, 1.82) is 0 Å². The van der Waals surface area contributed by atoms with Crippen LogP contribution in [0.15, 0.2) is 12.4 Å². The molecule has 2 heterocycles. The number of rotatable bonds is 6. The Morgan fingerprint density at radius 2 is 2.11 bits per heavy atom. The van der Waals surface area contributed by atoms with Crippen molar-refractivity contribution < 1.29 is 4.74 Å². The van der Waals surface area contributed by atoms with E-state index in [0.717, 1.165) is 29.2 Å². The van der Waals surface area contributed by atoms with Crippen LogP contribution in [0.4, 0.5) is 0 Å². The molecule has 0 amide bonds. The van der Waals surface area contributed by atoms with Gasteiger partial charge in [0, 0.05) is 12.4 Å². The molecule has 0 spiro atoms. The van der Waals surface area contributed by atoms with Crippen LogP contribution < -0.4 is 10.1 Å². The highest BCUT2D eigenvalue weighted by Crippen LogP contribution is 2.30. The summed E-state index contributed by atoms with van der Waals surface area (Å²) in [6, 6.07) is -0.0800. The molecular formula is C12H17N5OS. The van der Waals surface area contributed by atoms with E-state index in [9.17, 15) is 0 Å². The van der Waals surface area contributed by atoms with E-state index >= 15 is 0 Å². The molecule has 0 aliphatic rings. The zero-order chi connectivity index (χ0) is 13.7. The van der Waals surface area contributed by atoms with E-state index in [2.05, 4.69) is 38.7 Å². The van der Waals surface area contributed by atoms with E-state index in [4.69, 9.17) is 4.74 Å². The Hall–Kier alpha value is -1.60. The van der Waals surface area contributed by atoms with Gasteiger partial charge in [-0.3, -0.25) is 4.98 Å². The Labute approximate surface area is 116 Å². The first-order chi connectivity index (χ1) is 9.31. The molecule has 0 fully saturated rings. The summed E-state index contributed by atoms with van der Waals surface area (Å²) in [6.07, 6.45) is 4.13. The highest BCUT2D eigenvalue weighted by atomic mass is 32.1. The van der Waals surface area contributed by atoms with Crippen LogP contribution in [0, 0.1) is 0 Å². The van der Waals surface area contributed by atoms with Gasteiger partial charge in [0.2, 0.25) is 5.88 Å². The van der Waals surface area contributed by atoms with E-state index in [-0.39, 0.29) is 6.04 Å². The quantitative estimate of drug-likeness (QED) is 0.866. The first-order valence-electron chi connectivity index (χ1n) is 6.21. The number of ether oxygens (including phenoxy) is 1. The predicted octanol–water partition coefficient (Wildman–Crippen LogP) is 1.60. The number of hydrogen-bond donors (Lipinski definition) is 1. The third kappa shape index (κ3) is 2.87. The van der Waals surface area contributed by atoms with Crippen LogP contribution in [0.2, 0.25) is 0 Å². The van der Waals surface area contributed by atoms with Crippen LogP contribution in [-0.2, 0) is 6.42 Å². The standard InChI is InChI=1S/C12H17N5OS/c1-4-8-11(19-17-16-8)9(13-5-2)10-12(18-3)15-7-6-14-10/h6-7,9,13H,4-5H2,1-3H3. The van der Waals surface area contributed by atoms with Gasteiger partial charge in [-0.25, -0.2) is 4.98 Å². The van der Waals surface area contributed by atoms with Crippen LogP contribution in [0.1, 0.15) is 36.2 Å². The summed E-state index contributed by atoms with van der Waals surface area (Å²) >= 11 is 1.39. The third-order valence-electron chi connectivity index (χ3n) is 2.75. The fraction of sp³-hybridized carbons (Fsp3) is 0.500. The molecular weight excluding hydrogens is 262 g/mol. The van der Waals surface area contributed by atoms with Gasteiger partial charge in [0.15, 0.2) is 0 Å². The second-order valence-corrected chi connectivity index (χ2v) is 4.66. The molecule has 1 unspecified atom stereocenters. The maximum Gasteiger partial charge on any atom is 0.237 e. The molecule has 6 nitrogen and oxygen atoms in total. The molecule has 2 rings (SSSR count). The lowest BCUT2D eigenvalue weighted by molar-refractivity contribution is 0.383. The monoisotopic (exact) mass is 279 g/mol. The van der Waals surface area contributed by atoms with Crippen LogP contribution in [0.5, 0.6) is 5.88 Å². The minimum atomic E-state index is -0.0800. The van der Waals surface area contributed by atoms with Crippen LogP contribution >= 0.6 is 11.5 Å². The van der Waals surface area contributed by atoms with E-state index in [1.165, 1.54) is 11.5 Å². The predicted molar refractivity (Wildman–Crippen MR) is 73.4 cm³/mol. The minimum Gasteiger partial charge on any atom is -0.480 e. The average Bonchev–Trinajstić information content (AvgIpc) is 2.93. The van der Waals surface area contributed by atoms with E-state index in [1.807, 2.05) is 0 Å². The lowest BCUT2D eigenvalue weighted by Crippen LogP contribution is -2.24. The van der Waals surface area contributed by atoms with Gasteiger partial charge in [-0.05, 0) is 24.5 Å². The van der Waals surface area contributed by atoms with Crippen molar-refractivity contribution in [3.63, 3.8) is 0 Å². The second-order valence-electron chi connectivity index (χ2n) is 3.88. The van der Waals surface area contributed by atoms with E-state index < -0.39 is 0 Å². The van der Waals surface area contributed by atoms with Crippen molar-refractivity contribution in [3.8, 4) is 5.88 Å². The number of aromatic nitrogens is 4. The van der Waals surface area contributed by atoms with Crippen LogP contribution in [-0.4, -0.2) is 33.2 Å². The molecule has 0 aliphatic carbocycles. The van der Waals surface area contributed by atoms with Crippen molar-refractivity contribution in [1.82, 2.24) is 24.9 Å². The van der Waals surface area contributed by atoms with Gasteiger partial charge in [-0.2, -0.15) is 0 Å². The fourth-order valence-corrected chi connectivity index (χ4v) is 2.71. The topological polar surface area (TPSA) is 72.8 Å². The maximum absolute atomic E-state index is 5.29. The summed E-state index contributed by atoms with van der Waals surface area (Å²) in [5.74, 6) is 0.531. The number of nitrogens with zero attached hydrogens (tertiary/aromatic N) is 4. The SMILES string of the molecule is CCNC(c1nccnc1OC)c1snnc1CC. The summed E-state index contributed by atoms with van der Waals surface area (Å²) in [4.78, 5) is 9.68. The van der Waals surface area contributed by atoms with Gasteiger partial charge in [-0.15, -0.1) is 5.10 Å². The van der Waals surface area contributed by atoms with E-state index in [0.29, 0.717) is 5.88 Å².